The predicted molar refractivity (Wildman–Crippen MR) is 88.0 cm³/mol. The van der Waals surface area contributed by atoms with E-state index in [1.165, 1.54) is 4.24 Å². The predicted octanol–water partition coefficient (Wildman–Crippen LogP) is 2.70. The number of hydrogen-bond acceptors (Lipinski definition) is 2. The van der Waals surface area contributed by atoms with Crippen LogP contribution in [0.2, 0.25) is 0 Å². The van der Waals surface area contributed by atoms with Gasteiger partial charge in [0, 0.05) is 5.56 Å². The summed E-state index contributed by atoms with van der Waals surface area (Å²) in [5.74, 6) is 0. The van der Waals surface area contributed by atoms with Crippen LogP contribution in [0.15, 0.2) is 42.5 Å². The van der Waals surface area contributed by atoms with E-state index >= 15 is 0 Å². The molecule has 0 radical (unpaired) electrons. The van der Waals surface area contributed by atoms with Gasteiger partial charge in [0.1, 0.15) is 0 Å². The van der Waals surface area contributed by atoms with Gasteiger partial charge in [0.05, 0.1) is 0 Å². The number of rotatable bonds is 2. The first kappa shape index (κ1) is 17.9. The fourth-order valence-corrected chi connectivity index (χ4v) is 2.79. The summed E-state index contributed by atoms with van der Waals surface area (Å²) >= 11 is 2.08. The molecule has 0 fully saturated rings. The van der Waals surface area contributed by atoms with Crippen molar-refractivity contribution in [2.75, 3.05) is 0 Å². The second kappa shape index (κ2) is 8.37. The average Bonchev–Trinajstić information content (AvgIpc) is 2.38. The van der Waals surface area contributed by atoms with Gasteiger partial charge in [-0.1, -0.05) is 17.7 Å². The third-order valence-electron chi connectivity index (χ3n) is 3.04. The van der Waals surface area contributed by atoms with Gasteiger partial charge >= 0.3 is 52.3 Å². The molecule has 106 valence electrons. The molecule has 0 saturated heterocycles. The molecule has 21 heavy (non-hydrogen) atoms. The van der Waals surface area contributed by atoms with E-state index in [0.717, 1.165) is 16.7 Å². The maximum absolute atomic E-state index is 11.4. The van der Waals surface area contributed by atoms with Gasteiger partial charge in [-0.2, -0.15) is 0 Å². The third kappa shape index (κ3) is 5.65. The Morgan fingerprint density at radius 3 is 1.86 bits per heavy atom. The van der Waals surface area contributed by atoms with E-state index in [4.69, 9.17) is 4.89 Å². The van der Waals surface area contributed by atoms with Crippen molar-refractivity contribution in [3.05, 3.63) is 64.7 Å². The molecule has 2 aromatic rings. The standard InChI is InChI=1S/C10H13O3P.C6H5.Li/c1-6-4-7(2)9(8(3)5-6)10(11)14(12)13;1-2-4-6-5-3-1;/h4-5,14H,1-3H3,(H,12,13);1-5H;. The van der Waals surface area contributed by atoms with Crippen LogP contribution in [0.25, 0.3) is 0 Å². The Morgan fingerprint density at radius 2 is 1.52 bits per heavy atom. The van der Waals surface area contributed by atoms with Gasteiger partial charge in [0.25, 0.3) is 8.03 Å². The van der Waals surface area contributed by atoms with Crippen LogP contribution in [0.3, 0.4) is 0 Å². The second-order valence-electron chi connectivity index (χ2n) is 5.06. The summed E-state index contributed by atoms with van der Waals surface area (Å²) in [7, 11) is -3.11. The molecule has 1 N–H and O–H groups in total. The van der Waals surface area contributed by atoms with Crippen molar-refractivity contribution >= 4 is 35.5 Å². The summed E-state index contributed by atoms with van der Waals surface area (Å²) in [5, 5.41) is 0. The van der Waals surface area contributed by atoms with Crippen molar-refractivity contribution in [2.24, 2.45) is 0 Å². The Balaban J connectivity index is 0.000000262. The zero-order valence-corrected chi connectivity index (χ0v) is 13.8. The molecule has 2 rings (SSSR count). The zero-order valence-electron chi connectivity index (χ0n) is 12.8. The molecule has 0 amide bonds. The van der Waals surface area contributed by atoms with Crippen molar-refractivity contribution in [1.82, 2.24) is 0 Å². The first-order valence-electron chi connectivity index (χ1n) is 6.70. The summed E-state index contributed by atoms with van der Waals surface area (Å²) in [4.78, 5) is 20.2. The molecule has 1 unspecified atom stereocenters. The van der Waals surface area contributed by atoms with Crippen molar-refractivity contribution in [3.63, 3.8) is 0 Å². The fourth-order valence-electron chi connectivity index (χ4n) is 2.18. The Morgan fingerprint density at radius 1 is 1.05 bits per heavy atom. The molecule has 0 aliphatic heterocycles. The van der Waals surface area contributed by atoms with Gasteiger partial charge < -0.3 is 4.89 Å². The molecule has 2 aromatic carbocycles. The molecule has 0 aromatic heterocycles. The Kier molecular flexibility index (Phi) is 7.15. The number of benzene rings is 2. The van der Waals surface area contributed by atoms with Crippen molar-refractivity contribution in [2.45, 2.75) is 20.8 Å². The summed E-state index contributed by atoms with van der Waals surface area (Å²) in [6.45, 7) is 5.48. The fraction of sp³-hybridized carbons (Fsp3) is 0.188. The van der Waals surface area contributed by atoms with Gasteiger partial charge in [-0.25, -0.2) is 0 Å². The molecular weight excluding hydrogens is 278 g/mol. The van der Waals surface area contributed by atoms with E-state index in [1.54, 1.807) is 13.8 Å². The minimum atomic E-state index is -3.11. The van der Waals surface area contributed by atoms with Gasteiger partial charge in [-0.3, -0.25) is 9.36 Å². The Bertz CT molecular complexity index is 631. The van der Waals surface area contributed by atoms with Crippen LogP contribution in [0.4, 0.5) is 0 Å². The normalized spacial score (nSPS) is 11.3. The number of carbonyl (C=O) groups excluding carboxylic acids is 1. The van der Waals surface area contributed by atoms with Crippen molar-refractivity contribution in [1.29, 1.82) is 0 Å². The van der Waals surface area contributed by atoms with E-state index in [-0.39, 0.29) is 0 Å². The van der Waals surface area contributed by atoms with Crippen LogP contribution in [0, 0.1) is 20.8 Å². The van der Waals surface area contributed by atoms with Crippen molar-refractivity contribution < 1.29 is 14.3 Å². The monoisotopic (exact) mass is 296 g/mol. The summed E-state index contributed by atoms with van der Waals surface area (Å²) < 4.78 is 12.0. The Labute approximate surface area is 135 Å². The quantitative estimate of drug-likeness (QED) is 0.685. The molecule has 0 aliphatic carbocycles. The third-order valence-corrected chi connectivity index (χ3v) is 3.68. The summed E-state index contributed by atoms with van der Waals surface area (Å²) in [6, 6.07) is 13.9. The molecule has 0 aliphatic rings. The molecular formula is C16H18LiO3P. The van der Waals surface area contributed by atoms with Crippen LogP contribution in [-0.2, 0) is 4.57 Å². The van der Waals surface area contributed by atoms with Gasteiger partial charge in [-0.05, 0) is 31.9 Å². The van der Waals surface area contributed by atoms with Crippen LogP contribution in [0.1, 0.15) is 27.0 Å². The minimum absolute atomic E-state index is 0.391. The summed E-state index contributed by atoms with van der Waals surface area (Å²) in [6.07, 6.45) is 0. The van der Waals surface area contributed by atoms with Crippen LogP contribution in [-0.4, -0.2) is 28.1 Å². The zero-order chi connectivity index (χ0) is 16.0. The first-order valence-corrected chi connectivity index (χ1v) is 8.05. The van der Waals surface area contributed by atoms with E-state index in [9.17, 15) is 9.36 Å². The van der Waals surface area contributed by atoms with Crippen LogP contribution >= 0.6 is 8.03 Å². The topological polar surface area (TPSA) is 54.4 Å². The maximum atomic E-state index is 11.4. The molecule has 0 heterocycles. The molecule has 0 spiro atoms. The van der Waals surface area contributed by atoms with Crippen LogP contribution in [0.5, 0.6) is 0 Å². The second-order valence-corrected chi connectivity index (χ2v) is 6.13. The molecule has 5 heteroatoms. The van der Waals surface area contributed by atoms with Gasteiger partial charge in [-0.15, -0.1) is 0 Å². The van der Waals surface area contributed by atoms with E-state index in [2.05, 4.69) is 29.8 Å². The number of carbonyl (C=O) groups is 1. The van der Waals surface area contributed by atoms with Gasteiger partial charge in [0.2, 0.25) is 5.52 Å². The average molecular weight is 296 g/mol. The SMILES string of the molecule is Cc1cc(C)c(C(=O)[PH](=O)O)c(C)c1.[Li][c]1ccccc1. The number of aryl methyl sites for hydroxylation is 3. The van der Waals surface area contributed by atoms with Gasteiger partial charge in [0.15, 0.2) is 0 Å². The molecule has 0 saturated carbocycles. The summed E-state index contributed by atoms with van der Waals surface area (Å²) in [5.41, 5.74) is 2.32. The molecule has 3 nitrogen and oxygen atoms in total. The molecule has 1 atom stereocenters. The molecule has 0 bridgehead atoms. The first-order chi connectivity index (χ1) is 9.82. The van der Waals surface area contributed by atoms with Crippen LogP contribution < -0.4 is 4.24 Å². The van der Waals surface area contributed by atoms with Crippen molar-refractivity contribution in [3.8, 4) is 0 Å². The van der Waals surface area contributed by atoms with E-state index in [1.807, 2.05) is 37.3 Å². The van der Waals surface area contributed by atoms with E-state index in [0.29, 0.717) is 5.56 Å². The van der Waals surface area contributed by atoms with E-state index < -0.39 is 13.6 Å². The number of hydrogen-bond donors (Lipinski definition) is 1. The Hall–Kier alpha value is -1.10.